The fourth-order valence-corrected chi connectivity index (χ4v) is 6.20. The molecule has 0 nitrogen and oxygen atoms in total. The maximum Gasteiger partial charge on any atom is 0.0384 e. The Morgan fingerprint density at radius 2 is 1.04 bits per heavy atom. The van der Waals surface area contributed by atoms with Crippen molar-refractivity contribution in [2.75, 3.05) is 0 Å². The van der Waals surface area contributed by atoms with Gasteiger partial charge in [-0.15, -0.1) is 11.3 Å². The van der Waals surface area contributed by atoms with E-state index in [0.717, 1.165) is 11.8 Å². The summed E-state index contributed by atoms with van der Waals surface area (Å²) in [7, 11) is 0. The molecule has 2 saturated carbocycles. The van der Waals surface area contributed by atoms with E-state index in [4.69, 9.17) is 0 Å². The second-order valence-corrected chi connectivity index (χ2v) is 9.11. The number of benzene rings is 2. The van der Waals surface area contributed by atoms with E-state index >= 15 is 0 Å². The molecule has 1 heterocycles. The summed E-state index contributed by atoms with van der Waals surface area (Å²) in [5.41, 5.74) is 2.77. The largest absolute Gasteiger partial charge is 0.135 e. The first-order valence-corrected chi connectivity index (χ1v) is 10.9. The Bertz CT molecular complexity index is 775. The van der Waals surface area contributed by atoms with Crippen molar-refractivity contribution in [3.05, 3.63) is 47.5 Å². The number of thiophene rings is 1. The zero-order valence-corrected chi connectivity index (χ0v) is 16.5. The summed E-state index contributed by atoms with van der Waals surface area (Å²) in [6.07, 6.45) is 12.4. The lowest BCUT2D eigenvalue weighted by molar-refractivity contribution is 0.171. The van der Waals surface area contributed by atoms with E-state index < -0.39 is 0 Å². The van der Waals surface area contributed by atoms with E-state index in [9.17, 15) is 0 Å². The Kier molecular flexibility index (Phi) is 5.12. The van der Waals surface area contributed by atoms with Crippen LogP contribution in [0.15, 0.2) is 36.4 Å². The van der Waals surface area contributed by atoms with Gasteiger partial charge in [0.1, 0.15) is 0 Å². The second kappa shape index (κ2) is 7.50. The molecule has 2 aliphatic carbocycles. The minimum absolute atomic E-state index is 1.16. The highest BCUT2D eigenvalue weighted by Gasteiger charge is 2.26. The van der Waals surface area contributed by atoms with E-state index in [1.54, 1.807) is 25.7 Å². The molecule has 0 N–H and O–H groups in total. The van der Waals surface area contributed by atoms with Crippen molar-refractivity contribution in [3.63, 3.8) is 0 Å². The quantitative estimate of drug-likeness (QED) is 0.385. The molecule has 2 aromatic carbocycles. The van der Waals surface area contributed by atoms with Crippen molar-refractivity contribution in [2.45, 2.75) is 65.2 Å². The molecule has 2 aliphatic rings. The minimum atomic E-state index is 1.16. The minimum Gasteiger partial charge on any atom is -0.135 e. The summed E-state index contributed by atoms with van der Waals surface area (Å²) in [6, 6.07) is 13.1. The van der Waals surface area contributed by atoms with Crippen molar-refractivity contribution in [1.29, 1.82) is 0 Å². The molecule has 1 aromatic heterocycles. The molecule has 0 unspecified atom stereocenters. The molecule has 0 bridgehead atoms. The summed E-state index contributed by atoms with van der Waals surface area (Å²) in [5, 5.41) is 2.80. The number of rotatable bonds is 0. The van der Waals surface area contributed by atoms with Crippen LogP contribution >= 0.6 is 11.3 Å². The normalized spacial score (nSPS) is 23.1. The SMILES string of the molecule is C1CCC2CCCCC2C1.Cc1cccc2c1sc1c(C)cccc12. The lowest BCUT2D eigenvalue weighted by Crippen LogP contribution is -2.22. The standard InChI is InChI=1S/C14H12S.C10H18/c1-9-5-3-7-11-12-8-4-6-10(2)14(12)15-13(9)11;1-2-6-10-8-4-3-7-9(10)5-1/h3-8H,1-2H3;9-10H,1-8H2. The Morgan fingerprint density at radius 1 is 0.640 bits per heavy atom. The highest BCUT2D eigenvalue weighted by Crippen LogP contribution is 2.40. The van der Waals surface area contributed by atoms with Gasteiger partial charge in [0, 0.05) is 20.2 Å². The molecule has 0 amide bonds. The van der Waals surface area contributed by atoms with Gasteiger partial charge in [-0.3, -0.25) is 0 Å². The lowest BCUT2D eigenvalue weighted by atomic mass is 9.71. The van der Waals surface area contributed by atoms with Gasteiger partial charge in [0.25, 0.3) is 0 Å². The molecule has 0 aliphatic heterocycles. The number of aryl methyl sites for hydroxylation is 2. The first-order chi connectivity index (χ1) is 12.2. The topological polar surface area (TPSA) is 0 Å². The van der Waals surface area contributed by atoms with Crippen molar-refractivity contribution < 1.29 is 0 Å². The fourth-order valence-electron chi connectivity index (χ4n) is 4.96. The van der Waals surface area contributed by atoms with Crippen LogP contribution in [0.5, 0.6) is 0 Å². The van der Waals surface area contributed by atoms with Crippen LogP contribution in [0, 0.1) is 25.7 Å². The second-order valence-electron chi connectivity index (χ2n) is 8.09. The smallest absolute Gasteiger partial charge is 0.0384 e. The van der Waals surface area contributed by atoms with Gasteiger partial charge < -0.3 is 0 Å². The van der Waals surface area contributed by atoms with Crippen LogP contribution in [0.3, 0.4) is 0 Å². The summed E-state index contributed by atoms with van der Waals surface area (Å²) in [4.78, 5) is 0. The van der Waals surface area contributed by atoms with E-state index in [2.05, 4.69) is 50.2 Å². The summed E-state index contributed by atoms with van der Waals surface area (Å²) < 4.78 is 2.86. The fraction of sp³-hybridized carbons (Fsp3) is 0.500. The number of hydrogen-bond donors (Lipinski definition) is 0. The predicted molar refractivity (Wildman–Crippen MR) is 113 cm³/mol. The van der Waals surface area contributed by atoms with Gasteiger partial charge in [0.05, 0.1) is 0 Å². The average Bonchev–Trinajstić information content (AvgIpc) is 3.04. The summed E-state index contributed by atoms with van der Waals surface area (Å²) in [6.45, 7) is 4.38. The molecule has 0 atom stereocenters. The Hall–Kier alpha value is -1.34. The van der Waals surface area contributed by atoms with Crippen molar-refractivity contribution in [2.24, 2.45) is 11.8 Å². The van der Waals surface area contributed by atoms with Gasteiger partial charge in [-0.1, -0.05) is 87.8 Å². The van der Waals surface area contributed by atoms with Crippen LogP contribution < -0.4 is 0 Å². The maximum atomic E-state index is 2.22. The Labute approximate surface area is 156 Å². The van der Waals surface area contributed by atoms with Gasteiger partial charge in [-0.25, -0.2) is 0 Å². The average molecular weight is 351 g/mol. The number of hydrogen-bond acceptors (Lipinski definition) is 1. The van der Waals surface area contributed by atoms with Crippen LogP contribution in [-0.2, 0) is 0 Å². The van der Waals surface area contributed by atoms with Crippen molar-refractivity contribution in [3.8, 4) is 0 Å². The molecular formula is C24H30S. The molecule has 0 spiro atoms. The van der Waals surface area contributed by atoms with Gasteiger partial charge in [0.15, 0.2) is 0 Å². The van der Waals surface area contributed by atoms with Crippen LogP contribution in [0.4, 0.5) is 0 Å². The van der Waals surface area contributed by atoms with Crippen LogP contribution in [-0.4, -0.2) is 0 Å². The van der Waals surface area contributed by atoms with E-state index in [1.165, 1.54) is 57.0 Å². The summed E-state index contributed by atoms with van der Waals surface area (Å²) >= 11 is 1.91. The third kappa shape index (κ3) is 3.49. The zero-order chi connectivity index (χ0) is 17.2. The van der Waals surface area contributed by atoms with Gasteiger partial charge >= 0.3 is 0 Å². The van der Waals surface area contributed by atoms with Gasteiger partial charge in [0.2, 0.25) is 0 Å². The third-order valence-electron chi connectivity index (χ3n) is 6.38. The molecule has 5 rings (SSSR count). The van der Waals surface area contributed by atoms with Gasteiger partial charge in [-0.2, -0.15) is 0 Å². The highest BCUT2D eigenvalue weighted by molar-refractivity contribution is 7.26. The van der Waals surface area contributed by atoms with Crippen LogP contribution in [0.1, 0.15) is 62.5 Å². The summed E-state index contributed by atoms with van der Waals surface area (Å²) in [5.74, 6) is 2.31. The van der Waals surface area contributed by atoms with E-state index in [0.29, 0.717) is 0 Å². The molecule has 0 radical (unpaired) electrons. The molecule has 132 valence electrons. The lowest BCUT2D eigenvalue weighted by Gasteiger charge is -2.35. The third-order valence-corrected chi connectivity index (χ3v) is 7.88. The van der Waals surface area contributed by atoms with E-state index in [1.807, 2.05) is 11.3 Å². The highest BCUT2D eigenvalue weighted by atomic mass is 32.1. The van der Waals surface area contributed by atoms with E-state index in [-0.39, 0.29) is 0 Å². The molecule has 0 saturated heterocycles. The molecular weight excluding hydrogens is 320 g/mol. The predicted octanol–water partition coefficient (Wildman–Crippen LogP) is 8.04. The van der Waals surface area contributed by atoms with Crippen molar-refractivity contribution >= 4 is 31.5 Å². The molecule has 3 aromatic rings. The molecule has 1 heteroatoms. The Morgan fingerprint density at radius 3 is 1.44 bits per heavy atom. The first kappa shape index (κ1) is 17.1. The Balaban J connectivity index is 0.000000136. The maximum absolute atomic E-state index is 2.22. The monoisotopic (exact) mass is 350 g/mol. The number of fused-ring (bicyclic) bond motifs is 4. The zero-order valence-electron chi connectivity index (χ0n) is 15.7. The van der Waals surface area contributed by atoms with Crippen LogP contribution in [0.2, 0.25) is 0 Å². The first-order valence-electron chi connectivity index (χ1n) is 10.1. The molecule has 25 heavy (non-hydrogen) atoms. The van der Waals surface area contributed by atoms with Gasteiger partial charge in [-0.05, 0) is 36.8 Å². The molecule has 2 fully saturated rings. The van der Waals surface area contributed by atoms with Crippen LogP contribution in [0.25, 0.3) is 20.2 Å². The van der Waals surface area contributed by atoms with Crippen molar-refractivity contribution in [1.82, 2.24) is 0 Å².